The quantitative estimate of drug-likeness (QED) is 0.870. The van der Waals surface area contributed by atoms with Gasteiger partial charge in [0.1, 0.15) is 0 Å². The second kappa shape index (κ2) is 5.33. The third-order valence-electron chi connectivity index (χ3n) is 4.06. The molecule has 5 nitrogen and oxygen atoms in total. The highest BCUT2D eigenvalue weighted by Gasteiger charge is 2.26. The van der Waals surface area contributed by atoms with Crippen molar-refractivity contribution in [2.75, 3.05) is 13.1 Å². The summed E-state index contributed by atoms with van der Waals surface area (Å²) in [6, 6.07) is 0.532. The topological polar surface area (TPSA) is 50.2 Å². The van der Waals surface area contributed by atoms with Crippen molar-refractivity contribution < 1.29 is 4.79 Å². The molecule has 1 aromatic rings. The first-order valence-electron chi connectivity index (χ1n) is 7.28. The molecule has 2 fully saturated rings. The predicted octanol–water partition coefficient (Wildman–Crippen LogP) is 1.32. The normalized spacial score (nSPS) is 20.8. The number of imidazole rings is 1. The molecular weight excluding hydrogens is 240 g/mol. The first kappa shape index (κ1) is 12.7. The summed E-state index contributed by atoms with van der Waals surface area (Å²) >= 11 is 0. The van der Waals surface area contributed by atoms with Gasteiger partial charge in [-0.05, 0) is 32.6 Å². The SMILES string of the molecule is CC(NCc1cncn1C1CC1)C(=O)N1CCCC1. The van der Waals surface area contributed by atoms with E-state index in [4.69, 9.17) is 0 Å². The minimum Gasteiger partial charge on any atom is -0.341 e. The van der Waals surface area contributed by atoms with Gasteiger partial charge in [0.05, 0.1) is 18.1 Å². The van der Waals surface area contributed by atoms with Gasteiger partial charge in [-0.15, -0.1) is 0 Å². The fraction of sp³-hybridized carbons (Fsp3) is 0.714. The molecule has 0 spiro atoms. The summed E-state index contributed by atoms with van der Waals surface area (Å²) in [6.07, 6.45) is 8.61. The number of likely N-dealkylation sites (tertiary alicyclic amines) is 1. The molecule has 19 heavy (non-hydrogen) atoms. The summed E-state index contributed by atoms with van der Waals surface area (Å²) < 4.78 is 2.24. The number of hydrogen-bond donors (Lipinski definition) is 1. The Balaban J connectivity index is 1.53. The molecule has 1 saturated heterocycles. The van der Waals surface area contributed by atoms with E-state index in [1.807, 2.05) is 24.3 Å². The monoisotopic (exact) mass is 262 g/mol. The number of carbonyl (C=O) groups excluding carboxylic acids is 1. The van der Waals surface area contributed by atoms with Crippen molar-refractivity contribution in [2.24, 2.45) is 0 Å². The van der Waals surface area contributed by atoms with Crippen molar-refractivity contribution in [3.8, 4) is 0 Å². The molecule has 0 radical (unpaired) electrons. The zero-order valence-corrected chi connectivity index (χ0v) is 11.5. The van der Waals surface area contributed by atoms with Gasteiger partial charge in [-0.3, -0.25) is 4.79 Å². The van der Waals surface area contributed by atoms with Crippen molar-refractivity contribution in [1.29, 1.82) is 0 Å². The molecule has 1 aliphatic carbocycles. The van der Waals surface area contributed by atoms with Crippen molar-refractivity contribution in [3.05, 3.63) is 18.2 Å². The minimum atomic E-state index is -0.111. The third kappa shape index (κ3) is 2.81. The average molecular weight is 262 g/mol. The molecule has 1 N–H and O–H groups in total. The predicted molar refractivity (Wildman–Crippen MR) is 72.6 cm³/mol. The van der Waals surface area contributed by atoms with Crippen LogP contribution in [0.1, 0.15) is 44.3 Å². The van der Waals surface area contributed by atoms with E-state index in [9.17, 15) is 4.79 Å². The molecular formula is C14H22N4O. The molecule has 0 bridgehead atoms. The Morgan fingerprint density at radius 2 is 2.21 bits per heavy atom. The summed E-state index contributed by atoms with van der Waals surface area (Å²) in [6.45, 7) is 4.52. The molecule has 2 aliphatic rings. The molecule has 1 aromatic heterocycles. The number of rotatable bonds is 5. The fourth-order valence-electron chi connectivity index (χ4n) is 2.71. The maximum absolute atomic E-state index is 12.2. The number of nitrogens with zero attached hydrogens (tertiary/aromatic N) is 3. The van der Waals surface area contributed by atoms with Crippen LogP contribution in [0.3, 0.4) is 0 Å². The molecule has 3 rings (SSSR count). The van der Waals surface area contributed by atoms with Crippen molar-refractivity contribution in [3.63, 3.8) is 0 Å². The van der Waals surface area contributed by atoms with Crippen LogP contribution in [0.2, 0.25) is 0 Å². The zero-order chi connectivity index (χ0) is 13.2. The van der Waals surface area contributed by atoms with Gasteiger partial charge in [0.25, 0.3) is 0 Å². The number of hydrogen-bond acceptors (Lipinski definition) is 3. The summed E-state index contributed by atoms with van der Waals surface area (Å²) in [5, 5.41) is 3.33. The molecule has 5 heteroatoms. The Labute approximate surface area is 114 Å². The van der Waals surface area contributed by atoms with Crippen molar-refractivity contribution >= 4 is 5.91 Å². The molecule has 0 aromatic carbocycles. The fourth-order valence-corrected chi connectivity index (χ4v) is 2.71. The van der Waals surface area contributed by atoms with Crippen molar-refractivity contribution in [2.45, 2.75) is 51.2 Å². The lowest BCUT2D eigenvalue weighted by Crippen LogP contribution is -2.43. The lowest BCUT2D eigenvalue weighted by Gasteiger charge is -2.21. The van der Waals surface area contributed by atoms with Gasteiger partial charge in [-0.1, -0.05) is 0 Å². The van der Waals surface area contributed by atoms with Crippen LogP contribution >= 0.6 is 0 Å². The zero-order valence-electron chi connectivity index (χ0n) is 11.5. The standard InChI is InChI=1S/C14H22N4O/c1-11(14(19)17-6-2-3-7-17)16-9-13-8-15-10-18(13)12-4-5-12/h8,10-12,16H,2-7,9H2,1H3. The van der Waals surface area contributed by atoms with Crippen LogP contribution in [0.4, 0.5) is 0 Å². The molecule has 1 aliphatic heterocycles. The van der Waals surface area contributed by atoms with Gasteiger partial charge in [0.15, 0.2) is 0 Å². The van der Waals surface area contributed by atoms with Crippen LogP contribution in [-0.2, 0) is 11.3 Å². The largest absolute Gasteiger partial charge is 0.341 e. The number of carbonyl (C=O) groups is 1. The van der Waals surface area contributed by atoms with Crippen LogP contribution in [-0.4, -0.2) is 39.5 Å². The Kier molecular flexibility index (Phi) is 3.55. The molecule has 1 amide bonds. The molecule has 1 unspecified atom stereocenters. The Hall–Kier alpha value is -1.36. The van der Waals surface area contributed by atoms with E-state index in [2.05, 4.69) is 14.9 Å². The second-order valence-corrected chi connectivity index (χ2v) is 5.66. The molecule has 104 valence electrons. The van der Waals surface area contributed by atoms with E-state index >= 15 is 0 Å². The first-order chi connectivity index (χ1) is 9.25. The van der Waals surface area contributed by atoms with Gasteiger partial charge >= 0.3 is 0 Å². The third-order valence-corrected chi connectivity index (χ3v) is 4.06. The smallest absolute Gasteiger partial charge is 0.239 e. The first-order valence-corrected chi connectivity index (χ1v) is 7.28. The number of aromatic nitrogens is 2. The van der Waals surface area contributed by atoms with Crippen molar-refractivity contribution in [1.82, 2.24) is 19.8 Å². The van der Waals surface area contributed by atoms with Gasteiger partial charge < -0.3 is 14.8 Å². The van der Waals surface area contributed by atoms with Crippen LogP contribution in [0.25, 0.3) is 0 Å². The van der Waals surface area contributed by atoms with E-state index in [1.165, 1.54) is 18.5 Å². The van der Waals surface area contributed by atoms with Crippen LogP contribution in [0, 0.1) is 0 Å². The average Bonchev–Trinajstić information content (AvgIpc) is 2.95. The maximum Gasteiger partial charge on any atom is 0.239 e. The van der Waals surface area contributed by atoms with Gasteiger partial charge in [0, 0.05) is 31.9 Å². The van der Waals surface area contributed by atoms with Crippen LogP contribution in [0.5, 0.6) is 0 Å². The van der Waals surface area contributed by atoms with Gasteiger partial charge in [0.2, 0.25) is 5.91 Å². The molecule has 1 atom stereocenters. The molecule has 1 saturated carbocycles. The van der Waals surface area contributed by atoms with Crippen LogP contribution < -0.4 is 5.32 Å². The Bertz CT molecular complexity index is 446. The lowest BCUT2D eigenvalue weighted by molar-refractivity contribution is -0.132. The Morgan fingerprint density at radius 3 is 2.89 bits per heavy atom. The summed E-state index contributed by atoms with van der Waals surface area (Å²) in [4.78, 5) is 18.4. The van der Waals surface area contributed by atoms with Gasteiger partial charge in [-0.2, -0.15) is 0 Å². The van der Waals surface area contributed by atoms with E-state index in [0.717, 1.165) is 32.5 Å². The highest BCUT2D eigenvalue weighted by Crippen LogP contribution is 2.35. The summed E-state index contributed by atoms with van der Waals surface area (Å²) in [7, 11) is 0. The van der Waals surface area contributed by atoms with E-state index in [1.54, 1.807) is 0 Å². The summed E-state index contributed by atoms with van der Waals surface area (Å²) in [5.41, 5.74) is 1.18. The maximum atomic E-state index is 12.2. The van der Waals surface area contributed by atoms with Gasteiger partial charge in [-0.25, -0.2) is 4.98 Å². The second-order valence-electron chi connectivity index (χ2n) is 5.66. The highest BCUT2D eigenvalue weighted by molar-refractivity contribution is 5.81. The highest BCUT2D eigenvalue weighted by atomic mass is 16.2. The molecule has 2 heterocycles. The summed E-state index contributed by atoms with van der Waals surface area (Å²) in [5.74, 6) is 0.231. The van der Waals surface area contributed by atoms with E-state index in [0.29, 0.717) is 6.04 Å². The van der Waals surface area contributed by atoms with E-state index in [-0.39, 0.29) is 11.9 Å². The van der Waals surface area contributed by atoms with E-state index < -0.39 is 0 Å². The van der Waals surface area contributed by atoms with Crippen LogP contribution in [0.15, 0.2) is 12.5 Å². The number of nitrogens with one attached hydrogen (secondary N) is 1. The Morgan fingerprint density at radius 1 is 1.47 bits per heavy atom. The lowest BCUT2D eigenvalue weighted by atomic mass is 10.3. The number of amides is 1. The minimum absolute atomic E-state index is 0.111.